The van der Waals surface area contributed by atoms with Gasteiger partial charge < -0.3 is 19.9 Å². The van der Waals surface area contributed by atoms with Gasteiger partial charge in [0.05, 0.1) is 12.2 Å². The number of nitrogens with zero attached hydrogens (tertiary/aromatic N) is 3. The minimum Gasteiger partial charge on any atom is -0.491 e. The molecule has 0 bridgehead atoms. The Balaban J connectivity index is 1.63. The number of alkyl halides is 3. The van der Waals surface area contributed by atoms with Crippen LogP contribution in [0.1, 0.15) is 62.2 Å². The number of piperidine rings is 1. The summed E-state index contributed by atoms with van der Waals surface area (Å²) in [4.78, 5) is 20.6. The van der Waals surface area contributed by atoms with Gasteiger partial charge in [0, 0.05) is 37.9 Å². The third kappa shape index (κ3) is 7.71. The highest BCUT2D eigenvalue weighted by molar-refractivity contribution is 5.88. The summed E-state index contributed by atoms with van der Waals surface area (Å²) in [5.41, 5.74) is -1.38. The van der Waals surface area contributed by atoms with Gasteiger partial charge in [-0.25, -0.2) is 14.8 Å². The van der Waals surface area contributed by atoms with Crippen LogP contribution in [0.2, 0.25) is 0 Å². The molecule has 35 heavy (non-hydrogen) atoms. The highest BCUT2D eigenvalue weighted by Crippen LogP contribution is 2.31. The van der Waals surface area contributed by atoms with Crippen LogP contribution in [0.3, 0.4) is 0 Å². The number of hydrogen-bond acceptors (Lipinski definition) is 7. The van der Waals surface area contributed by atoms with Gasteiger partial charge in [0.2, 0.25) is 5.95 Å². The van der Waals surface area contributed by atoms with E-state index in [0.29, 0.717) is 38.7 Å². The topological polar surface area (TPSA) is 96.8 Å². The molecule has 11 heteroatoms. The molecule has 0 unspecified atom stereocenters. The summed E-state index contributed by atoms with van der Waals surface area (Å²) in [6, 6.07) is 5.74. The molecule has 1 aromatic carbocycles. The molecule has 2 N–H and O–H groups in total. The van der Waals surface area contributed by atoms with Gasteiger partial charge in [-0.2, -0.15) is 13.2 Å². The minimum absolute atomic E-state index is 0.0311. The molecule has 0 saturated carbocycles. The number of carboxylic acids is 1. The van der Waals surface area contributed by atoms with Gasteiger partial charge in [-0.05, 0) is 58.2 Å². The van der Waals surface area contributed by atoms with Crippen molar-refractivity contribution in [2.75, 3.05) is 18.4 Å². The van der Waals surface area contributed by atoms with Gasteiger partial charge in [0.1, 0.15) is 17.1 Å². The first-order chi connectivity index (χ1) is 16.4. The summed E-state index contributed by atoms with van der Waals surface area (Å²) in [5.74, 6) is -0.462. The Labute approximate surface area is 202 Å². The van der Waals surface area contributed by atoms with Crippen molar-refractivity contribution in [3.05, 3.63) is 41.2 Å². The van der Waals surface area contributed by atoms with E-state index < -0.39 is 23.4 Å². The normalized spacial score (nSPS) is 15.5. The molecular weight excluding hydrogens is 465 g/mol. The largest absolute Gasteiger partial charge is 0.491 e. The average molecular weight is 497 g/mol. The minimum atomic E-state index is -4.89. The number of aromatic nitrogens is 2. The number of ether oxygens (including phenoxy) is 2. The maximum Gasteiger partial charge on any atom is 0.434 e. The number of aromatic carboxylic acids is 1. The Hall–Kier alpha value is -3.08. The van der Waals surface area contributed by atoms with Gasteiger partial charge in [-0.3, -0.25) is 4.90 Å². The Morgan fingerprint density at radius 2 is 1.69 bits per heavy atom. The Morgan fingerprint density at radius 1 is 1.11 bits per heavy atom. The lowest BCUT2D eigenvalue weighted by atomic mass is 10.0. The fourth-order valence-electron chi connectivity index (χ4n) is 3.90. The number of halogens is 3. The van der Waals surface area contributed by atoms with Crippen molar-refractivity contribution in [1.29, 1.82) is 0 Å². The highest BCUT2D eigenvalue weighted by Gasteiger charge is 2.38. The van der Waals surface area contributed by atoms with E-state index in [1.165, 1.54) is 0 Å². The molecule has 3 rings (SSSR count). The summed E-state index contributed by atoms with van der Waals surface area (Å²) in [7, 11) is 0. The quantitative estimate of drug-likeness (QED) is 0.509. The molecular formula is C24H31F3N4O4. The van der Waals surface area contributed by atoms with Crippen LogP contribution in [-0.4, -0.2) is 57.3 Å². The maximum atomic E-state index is 13.2. The predicted molar refractivity (Wildman–Crippen MR) is 124 cm³/mol. The van der Waals surface area contributed by atoms with Crippen molar-refractivity contribution in [3.8, 4) is 11.5 Å². The van der Waals surface area contributed by atoms with Gasteiger partial charge in [0.25, 0.3) is 0 Å². The van der Waals surface area contributed by atoms with Crippen molar-refractivity contribution in [3.63, 3.8) is 0 Å². The lowest BCUT2D eigenvalue weighted by Crippen LogP contribution is -2.39. The van der Waals surface area contributed by atoms with Crippen LogP contribution < -0.4 is 14.8 Å². The van der Waals surface area contributed by atoms with E-state index >= 15 is 0 Å². The molecule has 1 saturated heterocycles. The van der Waals surface area contributed by atoms with E-state index in [-0.39, 0.29) is 24.2 Å². The number of nitrogens with one attached hydrogen (secondary N) is 1. The Bertz CT molecular complexity index is 994. The van der Waals surface area contributed by atoms with Crippen molar-refractivity contribution < 1.29 is 32.5 Å². The third-order valence-corrected chi connectivity index (χ3v) is 5.30. The molecule has 2 aromatic rings. The Kier molecular flexibility index (Phi) is 8.42. The van der Waals surface area contributed by atoms with Crippen molar-refractivity contribution >= 4 is 11.9 Å². The number of carboxylic acid groups (broad SMARTS) is 1. The lowest BCUT2D eigenvalue weighted by molar-refractivity contribution is -0.141. The molecule has 2 heterocycles. The van der Waals surface area contributed by atoms with Crippen molar-refractivity contribution in [2.45, 2.75) is 71.5 Å². The number of benzene rings is 1. The number of anilines is 1. The van der Waals surface area contributed by atoms with E-state index in [2.05, 4.69) is 20.2 Å². The van der Waals surface area contributed by atoms with E-state index in [4.69, 9.17) is 14.6 Å². The first-order valence-electron chi connectivity index (χ1n) is 11.5. The van der Waals surface area contributed by atoms with Crippen LogP contribution in [0, 0.1) is 0 Å². The molecule has 0 atom stereocenters. The van der Waals surface area contributed by atoms with Gasteiger partial charge in [0.15, 0.2) is 5.69 Å². The molecule has 0 spiro atoms. The molecule has 0 aliphatic carbocycles. The fraction of sp³-hybridized carbons (Fsp3) is 0.542. The predicted octanol–water partition coefficient (Wildman–Crippen LogP) is 4.84. The number of likely N-dealkylation sites (tertiary alicyclic amines) is 1. The van der Waals surface area contributed by atoms with Gasteiger partial charge in [-0.1, -0.05) is 0 Å². The van der Waals surface area contributed by atoms with Crippen LogP contribution in [0.15, 0.2) is 24.4 Å². The third-order valence-electron chi connectivity index (χ3n) is 5.30. The van der Waals surface area contributed by atoms with E-state index in [1.807, 2.05) is 45.9 Å². The molecule has 1 aromatic heterocycles. The van der Waals surface area contributed by atoms with Gasteiger partial charge in [-0.15, -0.1) is 0 Å². The SMILES string of the molecule is CC(C)Oc1cc(CN2CCC(Nc3ncc(C(=O)O)c(C(F)(F)F)n3)CC2)cc(OC(C)C)c1. The second-order valence-corrected chi connectivity index (χ2v) is 9.10. The molecule has 0 radical (unpaired) electrons. The fourth-order valence-corrected chi connectivity index (χ4v) is 3.90. The van der Waals surface area contributed by atoms with Crippen molar-refractivity contribution in [2.24, 2.45) is 0 Å². The number of carbonyl (C=O) groups is 1. The Morgan fingerprint density at radius 3 is 2.17 bits per heavy atom. The van der Waals surface area contributed by atoms with Crippen LogP contribution in [-0.2, 0) is 12.7 Å². The monoisotopic (exact) mass is 496 g/mol. The zero-order valence-corrected chi connectivity index (χ0v) is 20.2. The molecule has 1 fully saturated rings. The first kappa shape index (κ1) is 26.5. The first-order valence-corrected chi connectivity index (χ1v) is 11.5. The molecule has 8 nitrogen and oxygen atoms in total. The molecule has 0 amide bonds. The zero-order chi connectivity index (χ0) is 25.8. The lowest BCUT2D eigenvalue weighted by Gasteiger charge is -2.32. The summed E-state index contributed by atoms with van der Waals surface area (Å²) in [6.07, 6.45) is -2.79. The van der Waals surface area contributed by atoms with Crippen molar-refractivity contribution in [1.82, 2.24) is 14.9 Å². The highest BCUT2D eigenvalue weighted by atomic mass is 19.4. The molecule has 1 aliphatic rings. The van der Waals surface area contributed by atoms with Crippen LogP contribution in [0.4, 0.5) is 19.1 Å². The summed E-state index contributed by atoms with van der Waals surface area (Å²) < 4.78 is 51.4. The summed E-state index contributed by atoms with van der Waals surface area (Å²) >= 11 is 0. The van der Waals surface area contributed by atoms with Crippen LogP contribution in [0.25, 0.3) is 0 Å². The zero-order valence-electron chi connectivity index (χ0n) is 20.2. The van der Waals surface area contributed by atoms with E-state index in [9.17, 15) is 18.0 Å². The van der Waals surface area contributed by atoms with E-state index in [1.54, 1.807) is 0 Å². The second kappa shape index (κ2) is 11.1. The van der Waals surface area contributed by atoms with Crippen LogP contribution in [0.5, 0.6) is 11.5 Å². The number of rotatable bonds is 9. The van der Waals surface area contributed by atoms with Gasteiger partial charge >= 0.3 is 12.1 Å². The van der Waals surface area contributed by atoms with Crippen LogP contribution >= 0.6 is 0 Å². The standard InChI is InChI=1S/C24H31F3N4O4/c1-14(2)34-18-9-16(10-19(11-18)35-15(3)4)13-31-7-5-17(6-8-31)29-23-28-12-20(22(32)33)21(30-23)24(25,26)27/h9-12,14-15,17H,5-8,13H2,1-4H3,(H,32,33)(H,28,29,30). The molecule has 192 valence electrons. The molecule has 1 aliphatic heterocycles. The summed E-state index contributed by atoms with van der Waals surface area (Å²) in [5, 5.41) is 11.9. The average Bonchev–Trinajstić information content (AvgIpc) is 2.73. The summed E-state index contributed by atoms with van der Waals surface area (Å²) in [6.45, 7) is 9.96. The smallest absolute Gasteiger partial charge is 0.434 e. The second-order valence-electron chi connectivity index (χ2n) is 9.10. The van der Waals surface area contributed by atoms with E-state index in [0.717, 1.165) is 17.1 Å². The maximum absolute atomic E-state index is 13.2. The number of hydrogen-bond donors (Lipinski definition) is 2.